The van der Waals surface area contributed by atoms with Crippen LogP contribution >= 0.6 is 0 Å². The number of aliphatic hydroxyl groups excluding tert-OH is 1. The highest BCUT2D eigenvalue weighted by atomic mass is 19.1. The number of piperidine rings is 1. The van der Waals surface area contributed by atoms with Crippen molar-refractivity contribution in [2.75, 3.05) is 19.7 Å². The molecule has 21 heavy (non-hydrogen) atoms. The lowest BCUT2D eigenvalue weighted by Crippen LogP contribution is -2.49. The van der Waals surface area contributed by atoms with Crippen LogP contribution in [-0.2, 0) is 4.79 Å². The number of likely N-dealkylation sites (tertiary alicyclic amines) is 1. The van der Waals surface area contributed by atoms with Crippen LogP contribution in [0.2, 0.25) is 0 Å². The number of para-hydroxylation sites is 1. The van der Waals surface area contributed by atoms with Crippen LogP contribution in [0.3, 0.4) is 0 Å². The molecule has 0 spiro atoms. The van der Waals surface area contributed by atoms with Crippen molar-refractivity contribution in [3.63, 3.8) is 0 Å². The Morgan fingerprint density at radius 3 is 2.71 bits per heavy atom. The van der Waals surface area contributed by atoms with Crippen LogP contribution in [0.1, 0.15) is 24.5 Å². The fourth-order valence-corrected chi connectivity index (χ4v) is 3.16. The molecule has 2 aliphatic rings. The first kappa shape index (κ1) is 14.3. The number of nitrogens with zero attached hydrogens (tertiary/aromatic N) is 1. The molecule has 5 nitrogen and oxygen atoms in total. The van der Waals surface area contributed by atoms with Gasteiger partial charge in [-0.25, -0.2) is 4.39 Å². The van der Waals surface area contributed by atoms with E-state index in [0.717, 1.165) is 0 Å². The van der Waals surface area contributed by atoms with Crippen molar-refractivity contribution in [3.05, 3.63) is 29.6 Å². The van der Waals surface area contributed by atoms with Crippen LogP contribution in [0.25, 0.3) is 0 Å². The van der Waals surface area contributed by atoms with E-state index in [2.05, 4.69) is 0 Å². The molecular formula is C15H18FNO4. The number of carboxylic acid groups (broad SMARTS) is 1. The van der Waals surface area contributed by atoms with Crippen molar-refractivity contribution < 1.29 is 24.1 Å². The molecule has 2 heterocycles. The molecule has 3 rings (SSSR count). The number of benzene rings is 1. The third-order valence-corrected chi connectivity index (χ3v) is 4.43. The van der Waals surface area contributed by atoms with Gasteiger partial charge >= 0.3 is 5.97 Å². The monoisotopic (exact) mass is 295 g/mol. The summed E-state index contributed by atoms with van der Waals surface area (Å²) in [4.78, 5) is 13.0. The Balaban J connectivity index is 1.73. The predicted octanol–water partition coefficient (Wildman–Crippen LogP) is 1.42. The maximum Gasteiger partial charge on any atom is 0.306 e. The first-order valence-electron chi connectivity index (χ1n) is 7.14. The van der Waals surface area contributed by atoms with E-state index < -0.39 is 17.9 Å². The van der Waals surface area contributed by atoms with E-state index in [0.29, 0.717) is 31.5 Å². The summed E-state index contributed by atoms with van der Waals surface area (Å²) >= 11 is 0. The molecule has 0 aromatic heterocycles. The third kappa shape index (κ3) is 2.61. The number of aliphatic hydroxyl groups is 1. The molecule has 0 amide bonds. The van der Waals surface area contributed by atoms with Gasteiger partial charge in [-0.2, -0.15) is 0 Å². The minimum absolute atomic E-state index is 0.127. The minimum atomic E-state index is -0.814. The van der Waals surface area contributed by atoms with Gasteiger partial charge in [0.25, 0.3) is 0 Å². The van der Waals surface area contributed by atoms with Gasteiger partial charge < -0.3 is 14.9 Å². The fraction of sp³-hybridized carbons (Fsp3) is 0.533. The topological polar surface area (TPSA) is 70.0 Å². The second kappa shape index (κ2) is 5.61. The first-order chi connectivity index (χ1) is 10.1. The smallest absolute Gasteiger partial charge is 0.306 e. The average molecular weight is 295 g/mol. The maximum atomic E-state index is 13.6. The van der Waals surface area contributed by atoms with E-state index >= 15 is 0 Å². The highest BCUT2D eigenvalue weighted by molar-refractivity contribution is 5.70. The molecule has 1 saturated heterocycles. The Bertz CT molecular complexity index is 542. The van der Waals surface area contributed by atoms with Crippen molar-refractivity contribution in [1.29, 1.82) is 0 Å². The van der Waals surface area contributed by atoms with E-state index in [4.69, 9.17) is 9.84 Å². The summed E-state index contributed by atoms with van der Waals surface area (Å²) in [5.41, 5.74) is 0.464. The molecule has 6 heteroatoms. The summed E-state index contributed by atoms with van der Waals surface area (Å²) in [5, 5.41) is 19.5. The van der Waals surface area contributed by atoms with Gasteiger partial charge in [-0.1, -0.05) is 12.1 Å². The van der Waals surface area contributed by atoms with Gasteiger partial charge in [0.05, 0.1) is 12.0 Å². The standard InChI is InChI=1S/C15H18FNO4/c16-11-3-1-2-10-13(18)12(8-21-14(10)11)17-6-4-9(5-7-17)15(19)20/h1-3,9,12-13,18H,4-8H2,(H,19,20). The van der Waals surface area contributed by atoms with Crippen LogP contribution in [0.4, 0.5) is 4.39 Å². The zero-order valence-corrected chi connectivity index (χ0v) is 11.5. The van der Waals surface area contributed by atoms with Crippen LogP contribution < -0.4 is 4.74 Å². The van der Waals surface area contributed by atoms with E-state index in [1.165, 1.54) is 6.07 Å². The molecule has 114 valence electrons. The number of halogens is 1. The molecular weight excluding hydrogens is 277 g/mol. The van der Waals surface area contributed by atoms with E-state index in [9.17, 15) is 14.3 Å². The molecule has 1 aromatic rings. The molecule has 2 N–H and O–H groups in total. The summed E-state index contributed by atoms with van der Waals surface area (Å²) in [6.07, 6.45) is 0.314. The SMILES string of the molecule is O=C(O)C1CCN(C2COc3c(F)cccc3C2O)CC1. The molecule has 1 aromatic carbocycles. The number of hydrogen-bond acceptors (Lipinski definition) is 4. The Morgan fingerprint density at radius 1 is 1.33 bits per heavy atom. The second-order valence-electron chi connectivity index (χ2n) is 5.63. The fourth-order valence-electron chi connectivity index (χ4n) is 3.16. The number of rotatable bonds is 2. The minimum Gasteiger partial charge on any atom is -0.488 e. The van der Waals surface area contributed by atoms with Crippen LogP contribution in [-0.4, -0.2) is 46.8 Å². The van der Waals surface area contributed by atoms with Gasteiger partial charge in [0, 0.05) is 5.56 Å². The second-order valence-corrected chi connectivity index (χ2v) is 5.63. The molecule has 0 saturated carbocycles. The van der Waals surface area contributed by atoms with Crippen molar-refractivity contribution in [2.45, 2.75) is 25.0 Å². The lowest BCUT2D eigenvalue weighted by atomic mass is 9.92. The molecule has 2 unspecified atom stereocenters. The summed E-state index contributed by atoms with van der Waals surface area (Å²) in [6.45, 7) is 1.42. The number of carbonyl (C=O) groups is 1. The number of ether oxygens (including phenoxy) is 1. The van der Waals surface area contributed by atoms with Gasteiger partial charge in [-0.15, -0.1) is 0 Å². The Hall–Kier alpha value is -1.66. The number of fused-ring (bicyclic) bond motifs is 1. The Labute approximate surface area is 121 Å². The average Bonchev–Trinajstić information content (AvgIpc) is 2.49. The van der Waals surface area contributed by atoms with Crippen LogP contribution in [0.5, 0.6) is 5.75 Å². The largest absolute Gasteiger partial charge is 0.488 e. The van der Waals surface area contributed by atoms with Crippen molar-refractivity contribution in [1.82, 2.24) is 4.90 Å². The van der Waals surface area contributed by atoms with Gasteiger partial charge in [-0.05, 0) is 32.0 Å². The van der Waals surface area contributed by atoms with Crippen molar-refractivity contribution >= 4 is 5.97 Å². The number of aliphatic carboxylic acids is 1. The molecule has 0 aliphatic carbocycles. The first-order valence-corrected chi connectivity index (χ1v) is 7.14. The Morgan fingerprint density at radius 2 is 2.05 bits per heavy atom. The van der Waals surface area contributed by atoms with Gasteiger partial charge in [0.15, 0.2) is 11.6 Å². The molecule has 2 aliphatic heterocycles. The zero-order valence-electron chi connectivity index (χ0n) is 11.5. The van der Waals surface area contributed by atoms with Gasteiger partial charge in [0.1, 0.15) is 12.7 Å². The zero-order chi connectivity index (χ0) is 15.0. The molecule has 2 atom stereocenters. The quantitative estimate of drug-likeness (QED) is 0.863. The predicted molar refractivity (Wildman–Crippen MR) is 72.6 cm³/mol. The van der Waals surface area contributed by atoms with E-state index in [1.54, 1.807) is 12.1 Å². The Kier molecular flexibility index (Phi) is 3.82. The maximum absolute atomic E-state index is 13.6. The highest BCUT2D eigenvalue weighted by Crippen LogP contribution is 2.37. The highest BCUT2D eigenvalue weighted by Gasteiger charge is 2.37. The van der Waals surface area contributed by atoms with E-state index in [-0.39, 0.29) is 24.3 Å². The molecule has 1 fully saturated rings. The lowest BCUT2D eigenvalue weighted by molar-refractivity contribution is -0.143. The van der Waals surface area contributed by atoms with Crippen molar-refractivity contribution in [2.24, 2.45) is 5.92 Å². The van der Waals surface area contributed by atoms with Crippen LogP contribution in [0.15, 0.2) is 18.2 Å². The van der Waals surface area contributed by atoms with Crippen molar-refractivity contribution in [3.8, 4) is 5.75 Å². The van der Waals surface area contributed by atoms with Gasteiger partial charge in [0.2, 0.25) is 0 Å². The number of hydrogen-bond donors (Lipinski definition) is 2. The normalized spacial score (nSPS) is 27.0. The summed E-state index contributed by atoms with van der Waals surface area (Å²) < 4.78 is 19.1. The summed E-state index contributed by atoms with van der Waals surface area (Å²) in [7, 11) is 0. The van der Waals surface area contributed by atoms with Gasteiger partial charge in [-0.3, -0.25) is 9.69 Å². The van der Waals surface area contributed by atoms with E-state index in [1.807, 2.05) is 4.90 Å². The summed E-state index contributed by atoms with van der Waals surface area (Å²) in [5.74, 6) is -1.41. The molecule has 0 radical (unpaired) electrons. The summed E-state index contributed by atoms with van der Waals surface area (Å²) in [6, 6.07) is 4.28. The van der Waals surface area contributed by atoms with Crippen LogP contribution in [0, 0.1) is 11.7 Å². The molecule has 0 bridgehead atoms. The third-order valence-electron chi connectivity index (χ3n) is 4.43. The lowest BCUT2D eigenvalue weighted by Gasteiger charge is -2.41. The number of carboxylic acids is 1.